The minimum absolute atomic E-state index is 0.228. The molecule has 0 spiro atoms. The van der Waals surface area contributed by atoms with Crippen molar-refractivity contribution in [2.45, 2.75) is 19.3 Å². The van der Waals surface area contributed by atoms with Gasteiger partial charge in [-0.3, -0.25) is 0 Å². The quantitative estimate of drug-likeness (QED) is 0.134. The highest BCUT2D eigenvalue weighted by Crippen LogP contribution is 2.51. The molecular formula is C77H53N. The first-order chi connectivity index (χ1) is 38.4. The molecule has 0 aliphatic heterocycles. The average Bonchev–Trinajstić information content (AvgIpc) is 4.20. The second-order valence-electron chi connectivity index (χ2n) is 21.6. The zero-order valence-electron chi connectivity index (χ0n) is 43.6. The van der Waals surface area contributed by atoms with Crippen LogP contribution < -0.4 is 0 Å². The van der Waals surface area contributed by atoms with Gasteiger partial charge in [0.1, 0.15) is 0 Å². The smallest absolute Gasteiger partial charge is 0.0541 e. The zero-order valence-corrected chi connectivity index (χ0v) is 43.6. The minimum atomic E-state index is -0.228. The SMILES string of the molecule is CC1(C)c2cc(-c3cc4ccccc4c4ccccc34)ccc2-c2ccc(-n3c4ccc(-c5ccc(-c6ccc(-c7ccccc7)cc6)cc5)cc4c4cc(-c5ccc(-c6ccc(-c7ccccc7)cc6)cc5)ccc43)cc21. The van der Waals surface area contributed by atoms with Crippen molar-refractivity contribution < 1.29 is 0 Å². The summed E-state index contributed by atoms with van der Waals surface area (Å²) >= 11 is 0. The van der Waals surface area contributed by atoms with Crippen LogP contribution in [0.1, 0.15) is 25.0 Å². The van der Waals surface area contributed by atoms with Crippen LogP contribution in [0, 0.1) is 0 Å². The number of fused-ring (bicyclic) bond motifs is 9. The van der Waals surface area contributed by atoms with Crippen LogP contribution >= 0.6 is 0 Å². The van der Waals surface area contributed by atoms with E-state index in [0.717, 1.165) is 0 Å². The molecule has 15 rings (SSSR count). The summed E-state index contributed by atoms with van der Waals surface area (Å²) in [6.45, 7) is 4.81. The highest BCUT2D eigenvalue weighted by atomic mass is 15.0. The number of nitrogens with zero attached hydrogens (tertiary/aromatic N) is 1. The van der Waals surface area contributed by atoms with E-state index in [4.69, 9.17) is 0 Å². The van der Waals surface area contributed by atoms with Gasteiger partial charge in [-0.05, 0) is 170 Å². The molecule has 1 heterocycles. The summed E-state index contributed by atoms with van der Waals surface area (Å²) < 4.78 is 2.49. The van der Waals surface area contributed by atoms with Crippen LogP contribution in [0.15, 0.2) is 285 Å². The fourth-order valence-electron chi connectivity index (χ4n) is 12.7. The van der Waals surface area contributed by atoms with Crippen molar-refractivity contribution in [3.63, 3.8) is 0 Å². The molecule has 13 aromatic carbocycles. The van der Waals surface area contributed by atoms with Gasteiger partial charge in [-0.1, -0.05) is 250 Å². The van der Waals surface area contributed by atoms with Gasteiger partial charge in [0.05, 0.1) is 11.0 Å². The molecule has 0 atom stereocenters. The molecule has 78 heavy (non-hydrogen) atoms. The Kier molecular flexibility index (Phi) is 10.6. The Morgan fingerprint density at radius 3 is 1.08 bits per heavy atom. The Labute approximate surface area is 455 Å². The maximum atomic E-state index is 2.49. The molecule has 14 aromatic rings. The molecule has 0 saturated carbocycles. The van der Waals surface area contributed by atoms with E-state index in [0.29, 0.717) is 0 Å². The Balaban J connectivity index is 0.812. The average molecular weight is 992 g/mol. The molecule has 0 bridgehead atoms. The standard InChI is InChI=1S/C77H53N/c1-77(2)73-48-63(70-47-62-17-9-10-18-65(62)66-19-11-12-20-67(66)70)37-41-68(73)69-42-40-64(49-74(69)77)78-75-43-38-60(58-33-29-56(30-34-58)54-25-21-52(22-26-54)50-13-5-3-6-14-50)45-71(75)72-46-61(39-44-76(72)78)59-35-31-57(32-36-59)55-27-23-53(24-28-55)51-15-7-4-8-16-51/h3-49H,1-2H3. The second kappa shape index (κ2) is 18.2. The largest absolute Gasteiger partial charge is 0.309 e. The van der Waals surface area contributed by atoms with Gasteiger partial charge in [0.2, 0.25) is 0 Å². The normalized spacial score (nSPS) is 12.6. The van der Waals surface area contributed by atoms with Crippen LogP contribution in [0.3, 0.4) is 0 Å². The van der Waals surface area contributed by atoms with E-state index in [9.17, 15) is 0 Å². The Morgan fingerprint density at radius 1 is 0.231 bits per heavy atom. The first-order valence-corrected chi connectivity index (χ1v) is 27.2. The topological polar surface area (TPSA) is 4.93 Å². The molecule has 1 aromatic heterocycles. The van der Waals surface area contributed by atoms with Gasteiger partial charge < -0.3 is 4.57 Å². The van der Waals surface area contributed by atoms with Crippen LogP contribution in [-0.4, -0.2) is 4.57 Å². The lowest BCUT2D eigenvalue weighted by molar-refractivity contribution is 0.660. The van der Waals surface area contributed by atoms with Crippen LogP contribution in [0.25, 0.3) is 138 Å². The van der Waals surface area contributed by atoms with E-state index in [2.05, 4.69) is 304 Å². The van der Waals surface area contributed by atoms with Crippen LogP contribution in [-0.2, 0) is 5.41 Å². The molecule has 1 aliphatic rings. The Hall–Kier alpha value is -9.82. The van der Waals surface area contributed by atoms with Crippen LogP contribution in [0.2, 0.25) is 0 Å². The molecule has 0 radical (unpaired) electrons. The third-order valence-corrected chi connectivity index (χ3v) is 16.8. The third kappa shape index (κ3) is 7.61. The van der Waals surface area contributed by atoms with Crippen LogP contribution in [0.4, 0.5) is 0 Å². The van der Waals surface area contributed by atoms with E-state index < -0.39 is 0 Å². The van der Waals surface area contributed by atoms with Crippen molar-refractivity contribution in [3.05, 3.63) is 296 Å². The summed E-state index contributed by atoms with van der Waals surface area (Å²) in [5.41, 5.74) is 25.7. The highest BCUT2D eigenvalue weighted by molar-refractivity contribution is 6.14. The maximum absolute atomic E-state index is 2.49. The lowest BCUT2D eigenvalue weighted by Crippen LogP contribution is -2.15. The summed E-state index contributed by atoms with van der Waals surface area (Å²) in [5, 5.41) is 7.60. The van der Waals surface area contributed by atoms with Crippen molar-refractivity contribution in [1.82, 2.24) is 4.57 Å². The van der Waals surface area contributed by atoms with E-state index in [1.54, 1.807) is 0 Å². The second-order valence-corrected chi connectivity index (χ2v) is 21.6. The highest BCUT2D eigenvalue weighted by Gasteiger charge is 2.36. The van der Waals surface area contributed by atoms with Gasteiger partial charge in [0.25, 0.3) is 0 Å². The first kappa shape index (κ1) is 45.6. The maximum Gasteiger partial charge on any atom is 0.0541 e. The van der Waals surface area contributed by atoms with Gasteiger partial charge in [0, 0.05) is 21.9 Å². The monoisotopic (exact) mass is 991 g/mol. The van der Waals surface area contributed by atoms with Gasteiger partial charge in [-0.25, -0.2) is 0 Å². The molecule has 0 amide bonds. The summed E-state index contributed by atoms with van der Waals surface area (Å²) in [6, 6.07) is 106. The summed E-state index contributed by atoms with van der Waals surface area (Å²) in [7, 11) is 0. The van der Waals surface area contributed by atoms with E-state index >= 15 is 0 Å². The van der Waals surface area contributed by atoms with Crippen molar-refractivity contribution in [2.75, 3.05) is 0 Å². The van der Waals surface area contributed by atoms with Crippen molar-refractivity contribution >= 4 is 43.4 Å². The van der Waals surface area contributed by atoms with Gasteiger partial charge in [-0.15, -0.1) is 0 Å². The molecule has 1 aliphatic carbocycles. The summed E-state index contributed by atoms with van der Waals surface area (Å²) in [4.78, 5) is 0. The fraction of sp³-hybridized carbons (Fsp3) is 0.0390. The summed E-state index contributed by atoms with van der Waals surface area (Å²) in [6.07, 6.45) is 0. The third-order valence-electron chi connectivity index (χ3n) is 16.8. The lowest BCUT2D eigenvalue weighted by Gasteiger charge is -2.23. The number of benzene rings is 13. The predicted molar refractivity (Wildman–Crippen MR) is 331 cm³/mol. The van der Waals surface area contributed by atoms with E-state index in [-0.39, 0.29) is 5.41 Å². The molecule has 1 nitrogen and oxygen atoms in total. The Bertz CT molecular complexity index is 4430. The zero-order chi connectivity index (χ0) is 51.9. The predicted octanol–water partition coefficient (Wildman–Crippen LogP) is 21.1. The Morgan fingerprint density at radius 2 is 0.590 bits per heavy atom. The van der Waals surface area contributed by atoms with Crippen molar-refractivity contribution in [3.8, 4) is 94.7 Å². The van der Waals surface area contributed by atoms with Crippen molar-refractivity contribution in [1.29, 1.82) is 0 Å². The van der Waals surface area contributed by atoms with Gasteiger partial charge >= 0.3 is 0 Å². The number of hydrogen-bond donors (Lipinski definition) is 0. The molecule has 366 valence electrons. The van der Waals surface area contributed by atoms with E-state index in [1.807, 2.05) is 0 Å². The number of rotatable bonds is 8. The molecule has 1 heteroatoms. The lowest BCUT2D eigenvalue weighted by atomic mass is 9.81. The molecule has 0 unspecified atom stereocenters. The van der Waals surface area contributed by atoms with Gasteiger partial charge in [0.15, 0.2) is 0 Å². The number of aromatic nitrogens is 1. The summed E-state index contributed by atoms with van der Waals surface area (Å²) in [5.74, 6) is 0. The number of hydrogen-bond acceptors (Lipinski definition) is 0. The van der Waals surface area contributed by atoms with Crippen LogP contribution in [0.5, 0.6) is 0 Å². The minimum Gasteiger partial charge on any atom is -0.309 e. The van der Waals surface area contributed by atoms with Crippen molar-refractivity contribution in [2.24, 2.45) is 0 Å². The van der Waals surface area contributed by atoms with E-state index in [1.165, 1.54) is 149 Å². The molecular weight excluding hydrogens is 939 g/mol. The molecule has 0 saturated heterocycles. The fourth-order valence-corrected chi connectivity index (χ4v) is 12.7. The molecule has 0 fully saturated rings. The van der Waals surface area contributed by atoms with Gasteiger partial charge in [-0.2, -0.15) is 0 Å². The molecule has 0 N–H and O–H groups in total. The first-order valence-electron chi connectivity index (χ1n) is 27.2.